The molecule has 2 unspecified atom stereocenters. The minimum atomic E-state index is 0.425. The summed E-state index contributed by atoms with van der Waals surface area (Å²) in [5.74, 6) is 3.44. The molecule has 2 N–H and O–H groups in total. The fourth-order valence-corrected chi connectivity index (χ4v) is 4.83. The van der Waals surface area contributed by atoms with Crippen LogP contribution in [-0.4, -0.2) is 67.1 Å². The van der Waals surface area contributed by atoms with E-state index in [9.17, 15) is 0 Å². The van der Waals surface area contributed by atoms with Gasteiger partial charge in [0, 0.05) is 24.7 Å². The van der Waals surface area contributed by atoms with Crippen LogP contribution in [0.3, 0.4) is 0 Å². The Kier molecular flexibility index (Phi) is 4.98. The van der Waals surface area contributed by atoms with Crippen LogP contribution in [0.25, 0.3) is 0 Å². The summed E-state index contributed by atoms with van der Waals surface area (Å²) in [4.78, 5) is 4.99. The predicted molar refractivity (Wildman–Crippen MR) is 81.2 cm³/mol. The highest BCUT2D eigenvalue weighted by Crippen LogP contribution is 2.38. The summed E-state index contributed by atoms with van der Waals surface area (Å²) >= 11 is 2.09. The van der Waals surface area contributed by atoms with Crippen molar-refractivity contribution in [1.82, 2.24) is 9.80 Å². The fraction of sp³-hybridized carbons (Fsp3) is 1.00. The van der Waals surface area contributed by atoms with Crippen molar-refractivity contribution < 1.29 is 0 Å². The van der Waals surface area contributed by atoms with Gasteiger partial charge in [-0.1, -0.05) is 0 Å². The van der Waals surface area contributed by atoms with Crippen molar-refractivity contribution in [3.63, 3.8) is 0 Å². The molecule has 18 heavy (non-hydrogen) atoms. The molecule has 2 aliphatic rings. The molecule has 1 heterocycles. The van der Waals surface area contributed by atoms with E-state index in [1.807, 2.05) is 0 Å². The number of nitrogens with zero attached hydrogens (tertiary/aromatic N) is 2. The van der Waals surface area contributed by atoms with Gasteiger partial charge in [0.25, 0.3) is 0 Å². The Balaban J connectivity index is 1.94. The Morgan fingerprint density at radius 1 is 1.33 bits per heavy atom. The second-order valence-electron chi connectivity index (χ2n) is 6.31. The number of rotatable bonds is 6. The van der Waals surface area contributed by atoms with Crippen LogP contribution in [0.2, 0.25) is 0 Å². The molecule has 106 valence electrons. The van der Waals surface area contributed by atoms with Crippen molar-refractivity contribution in [1.29, 1.82) is 0 Å². The summed E-state index contributed by atoms with van der Waals surface area (Å²) in [5, 5.41) is 0. The Morgan fingerprint density at radius 3 is 2.44 bits per heavy atom. The third-order valence-electron chi connectivity index (χ3n) is 5.09. The second-order valence-corrected chi connectivity index (χ2v) is 7.46. The molecule has 2 fully saturated rings. The summed E-state index contributed by atoms with van der Waals surface area (Å²) in [7, 11) is 6.75. The van der Waals surface area contributed by atoms with Crippen molar-refractivity contribution in [2.24, 2.45) is 11.7 Å². The molecule has 0 aromatic rings. The summed E-state index contributed by atoms with van der Waals surface area (Å²) < 4.78 is 0. The summed E-state index contributed by atoms with van der Waals surface area (Å²) in [6.07, 6.45) is 5.44. The standard InChI is InChI=1S/C14H29N3S/c1-16(2)14(6-4-7-14)11-17(3)13(9-15)12-5-8-18-10-12/h12-13H,4-11,15H2,1-3H3. The first-order chi connectivity index (χ1) is 8.59. The van der Waals surface area contributed by atoms with Crippen LogP contribution < -0.4 is 5.73 Å². The van der Waals surface area contributed by atoms with Crippen molar-refractivity contribution in [3.05, 3.63) is 0 Å². The fourth-order valence-electron chi connectivity index (χ4n) is 3.50. The summed E-state index contributed by atoms with van der Waals surface area (Å²) in [6, 6.07) is 0.581. The van der Waals surface area contributed by atoms with Gasteiger partial charge in [-0.15, -0.1) is 0 Å². The first-order valence-corrected chi connectivity index (χ1v) is 8.40. The molecule has 0 aromatic heterocycles. The lowest BCUT2D eigenvalue weighted by Crippen LogP contribution is -2.59. The molecule has 0 amide bonds. The van der Waals surface area contributed by atoms with Gasteiger partial charge in [-0.2, -0.15) is 11.8 Å². The van der Waals surface area contributed by atoms with Crippen molar-refractivity contribution in [2.75, 3.05) is 45.7 Å². The van der Waals surface area contributed by atoms with E-state index in [4.69, 9.17) is 5.73 Å². The zero-order valence-electron chi connectivity index (χ0n) is 12.2. The van der Waals surface area contributed by atoms with E-state index >= 15 is 0 Å². The monoisotopic (exact) mass is 271 g/mol. The Bertz CT molecular complexity index is 260. The number of hydrogen-bond donors (Lipinski definition) is 1. The van der Waals surface area contributed by atoms with Gasteiger partial charge in [-0.25, -0.2) is 0 Å². The molecule has 0 spiro atoms. The largest absolute Gasteiger partial charge is 0.329 e. The van der Waals surface area contributed by atoms with Crippen LogP contribution in [-0.2, 0) is 0 Å². The van der Waals surface area contributed by atoms with Gasteiger partial charge in [0.2, 0.25) is 0 Å². The van der Waals surface area contributed by atoms with E-state index < -0.39 is 0 Å². The van der Waals surface area contributed by atoms with E-state index in [1.54, 1.807) is 0 Å². The van der Waals surface area contributed by atoms with Crippen molar-refractivity contribution in [3.8, 4) is 0 Å². The SMILES string of the molecule is CN(CC1(N(C)C)CCC1)C(CN)C1CCSC1. The second kappa shape index (κ2) is 6.12. The molecule has 2 rings (SSSR count). The maximum Gasteiger partial charge on any atom is 0.0330 e. The predicted octanol–water partition coefficient (Wildman–Crippen LogP) is 1.48. The molecular formula is C14H29N3S. The highest BCUT2D eigenvalue weighted by Gasteiger charge is 2.41. The quantitative estimate of drug-likeness (QED) is 0.793. The van der Waals surface area contributed by atoms with Crippen LogP contribution in [0.4, 0.5) is 0 Å². The molecule has 2 atom stereocenters. The number of nitrogens with two attached hydrogens (primary N) is 1. The van der Waals surface area contributed by atoms with Crippen LogP contribution in [0.15, 0.2) is 0 Å². The smallest absolute Gasteiger partial charge is 0.0330 e. The Labute approximate surface area is 116 Å². The molecule has 1 saturated carbocycles. The molecule has 0 radical (unpaired) electrons. The molecular weight excluding hydrogens is 242 g/mol. The molecule has 1 saturated heterocycles. The summed E-state index contributed by atoms with van der Waals surface area (Å²) in [6.45, 7) is 1.99. The first kappa shape index (κ1) is 14.6. The number of hydrogen-bond acceptors (Lipinski definition) is 4. The highest BCUT2D eigenvalue weighted by atomic mass is 32.2. The van der Waals surface area contributed by atoms with Gasteiger partial charge in [0.1, 0.15) is 0 Å². The minimum absolute atomic E-state index is 0.425. The van der Waals surface area contributed by atoms with Gasteiger partial charge >= 0.3 is 0 Å². The number of thioether (sulfide) groups is 1. The molecule has 1 aliphatic heterocycles. The average Bonchev–Trinajstić information content (AvgIpc) is 2.77. The van der Waals surface area contributed by atoms with Gasteiger partial charge in [-0.05, 0) is 64.2 Å². The molecule has 0 bridgehead atoms. The molecule has 3 nitrogen and oxygen atoms in total. The van der Waals surface area contributed by atoms with Crippen LogP contribution in [0.1, 0.15) is 25.7 Å². The van der Waals surface area contributed by atoms with E-state index in [-0.39, 0.29) is 0 Å². The maximum atomic E-state index is 6.04. The third kappa shape index (κ3) is 2.87. The van der Waals surface area contributed by atoms with E-state index in [0.717, 1.165) is 12.5 Å². The van der Waals surface area contributed by atoms with Crippen LogP contribution >= 0.6 is 11.8 Å². The van der Waals surface area contributed by atoms with E-state index in [0.29, 0.717) is 11.6 Å². The third-order valence-corrected chi connectivity index (χ3v) is 6.28. The van der Waals surface area contributed by atoms with Gasteiger partial charge in [0.05, 0.1) is 0 Å². The lowest BCUT2D eigenvalue weighted by Gasteiger charge is -2.50. The highest BCUT2D eigenvalue weighted by molar-refractivity contribution is 7.99. The maximum absolute atomic E-state index is 6.04. The van der Waals surface area contributed by atoms with Crippen LogP contribution in [0, 0.1) is 5.92 Å². The van der Waals surface area contributed by atoms with E-state index in [1.165, 1.54) is 43.7 Å². The van der Waals surface area contributed by atoms with Gasteiger partial charge < -0.3 is 15.5 Å². The average molecular weight is 271 g/mol. The Morgan fingerprint density at radius 2 is 2.06 bits per heavy atom. The first-order valence-electron chi connectivity index (χ1n) is 7.24. The number of likely N-dealkylation sites (N-methyl/N-ethyl adjacent to an activating group) is 2. The summed E-state index contributed by atoms with van der Waals surface area (Å²) in [5.41, 5.74) is 6.47. The van der Waals surface area contributed by atoms with Crippen molar-refractivity contribution in [2.45, 2.75) is 37.3 Å². The topological polar surface area (TPSA) is 32.5 Å². The van der Waals surface area contributed by atoms with Crippen LogP contribution in [0.5, 0.6) is 0 Å². The lowest BCUT2D eigenvalue weighted by atomic mass is 9.75. The van der Waals surface area contributed by atoms with Gasteiger partial charge in [0.15, 0.2) is 0 Å². The lowest BCUT2D eigenvalue weighted by molar-refractivity contribution is 0.0105. The van der Waals surface area contributed by atoms with Gasteiger partial charge in [-0.3, -0.25) is 0 Å². The molecule has 1 aliphatic carbocycles. The zero-order chi connectivity index (χ0) is 13.2. The minimum Gasteiger partial charge on any atom is -0.329 e. The molecule has 4 heteroatoms. The Hall–Kier alpha value is 0.230. The zero-order valence-corrected chi connectivity index (χ0v) is 13.0. The van der Waals surface area contributed by atoms with E-state index in [2.05, 4.69) is 42.7 Å². The normalized spacial score (nSPS) is 28.7. The van der Waals surface area contributed by atoms with Crippen molar-refractivity contribution >= 4 is 11.8 Å². The molecule has 0 aromatic carbocycles.